The number of hydrogen-bond acceptors (Lipinski definition) is 4. The molecule has 8 heteroatoms. The molecule has 28 heavy (non-hydrogen) atoms. The van der Waals surface area contributed by atoms with Gasteiger partial charge in [-0.25, -0.2) is 17.9 Å². The lowest BCUT2D eigenvalue weighted by atomic mass is 9.88. The molecule has 0 aromatic rings. The van der Waals surface area contributed by atoms with Gasteiger partial charge in [0.05, 0.1) is 4.75 Å². The highest BCUT2D eigenvalue weighted by atomic mass is 32.2. The van der Waals surface area contributed by atoms with Gasteiger partial charge in [-0.1, -0.05) is 72.1 Å². The number of nitrogens with two attached hydrogens (primary N) is 1. The molecule has 0 heterocycles. The predicted octanol–water partition coefficient (Wildman–Crippen LogP) is 4.17. The molecule has 0 aromatic heterocycles. The fourth-order valence-electron chi connectivity index (χ4n) is 4.26. The maximum absolute atomic E-state index is 12.7. The van der Waals surface area contributed by atoms with E-state index in [9.17, 15) is 18.0 Å². The number of nitrogens with one attached hydrogen (secondary N) is 1. The van der Waals surface area contributed by atoms with Crippen molar-refractivity contribution in [2.24, 2.45) is 17.1 Å². The molecule has 2 unspecified atom stereocenters. The lowest BCUT2D eigenvalue weighted by Crippen LogP contribution is -2.44. The van der Waals surface area contributed by atoms with Crippen molar-refractivity contribution in [2.45, 2.75) is 103 Å². The summed E-state index contributed by atoms with van der Waals surface area (Å²) in [5, 5.41) is 8.59. The van der Waals surface area contributed by atoms with Gasteiger partial charge < -0.3 is 10.8 Å². The highest BCUT2D eigenvalue weighted by Crippen LogP contribution is 2.60. The molecule has 2 amide bonds. The second-order valence-electron chi connectivity index (χ2n) is 9.23. The Morgan fingerprint density at radius 3 is 1.86 bits per heavy atom. The summed E-state index contributed by atoms with van der Waals surface area (Å²) in [6, 6.07) is -1.01. The molecule has 1 rings (SSSR count). The standard InChI is InChI=1S/C20H38N2O5S/c1-19(2,3)16-15-20(16,28(26,27)22-18(21)25)14-12-10-8-6-4-5-7-9-11-13-17(23)24/h16H,4-15H2,1-3H3,(H,23,24)(H3,21,22,25). The third kappa shape index (κ3) is 7.60. The number of aliphatic carboxylic acids is 1. The number of primary amides is 1. The fraction of sp³-hybridized carbons (Fsp3) is 0.900. The van der Waals surface area contributed by atoms with Crippen LogP contribution in [0.2, 0.25) is 0 Å². The molecule has 0 spiro atoms. The summed E-state index contributed by atoms with van der Waals surface area (Å²) >= 11 is 0. The Hall–Kier alpha value is -1.31. The minimum Gasteiger partial charge on any atom is -0.481 e. The molecule has 4 N–H and O–H groups in total. The van der Waals surface area contributed by atoms with Crippen molar-refractivity contribution in [2.75, 3.05) is 0 Å². The molecule has 1 aliphatic carbocycles. The number of sulfonamides is 1. The zero-order valence-electron chi connectivity index (χ0n) is 17.6. The summed E-state index contributed by atoms with van der Waals surface area (Å²) in [5.74, 6) is -0.696. The molecular weight excluding hydrogens is 380 g/mol. The lowest BCUT2D eigenvalue weighted by Gasteiger charge is -2.25. The minimum absolute atomic E-state index is 0.0302. The number of rotatable bonds is 14. The van der Waals surface area contributed by atoms with E-state index in [0.717, 1.165) is 57.8 Å². The first-order valence-corrected chi connectivity index (χ1v) is 11.9. The molecule has 0 bridgehead atoms. The number of hydrogen-bond donors (Lipinski definition) is 3. The molecule has 0 radical (unpaired) electrons. The van der Waals surface area contributed by atoms with Gasteiger partial charge in [0.15, 0.2) is 0 Å². The van der Waals surface area contributed by atoms with Crippen molar-refractivity contribution >= 4 is 22.0 Å². The summed E-state index contributed by atoms with van der Waals surface area (Å²) in [4.78, 5) is 21.6. The number of carbonyl (C=O) groups excluding carboxylic acids is 1. The van der Waals surface area contributed by atoms with Crippen LogP contribution >= 0.6 is 0 Å². The molecule has 1 saturated carbocycles. The van der Waals surface area contributed by atoms with E-state index in [0.29, 0.717) is 12.8 Å². The normalized spacial score (nSPS) is 22.0. The van der Waals surface area contributed by atoms with E-state index < -0.39 is 26.8 Å². The van der Waals surface area contributed by atoms with Crippen LogP contribution < -0.4 is 10.5 Å². The van der Waals surface area contributed by atoms with Gasteiger partial charge in [-0.05, 0) is 30.6 Å². The Morgan fingerprint density at radius 2 is 1.46 bits per heavy atom. The fourth-order valence-corrected chi connectivity index (χ4v) is 6.26. The van der Waals surface area contributed by atoms with E-state index in [-0.39, 0.29) is 17.8 Å². The Morgan fingerprint density at radius 1 is 1.00 bits per heavy atom. The third-order valence-corrected chi connectivity index (χ3v) is 8.03. The van der Waals surface area contributed by atoms with Crippen LogP contribution in [0.4, 0.5) is 4.79 Å². The van der Waals surface area contributed by atoms with Crippen molar-refractivity contribution in [3.05, 3.63) is 0 Å². The van der Waals surface area contributed by atoms with Crippen molar-refractivity contribution in [1.82, 2.24) is 4.72 Å². The molecule has 0 saturated heterocycles. The van der Waals surface area contributed by atoms with Crippen molar-refractivity contribution in [3.63, 3.8) is 0 Å². The maximum atomic E-state index is 12.7. The number of urea groups is 1. The van der Waals surface area contributed by atoms with E-state index in [2.05, 4.69) is 0 Å². The molecule has 7 nitrogen and oxygen atoms in total. The van der Waals surface area contributed by atoms with E-state index in [1.54, 1.807) is 0 Å². The number of carboxylic acid groups (broad SMARTS) is 1. The van der Waals surface area contributed by atoms with Crippen LogP contribution in [0.3, 0.4) is 0 Å². The molecule has 164 valence electrons. The van der Waals surface area contributed by atoms with E-state index >= 15 is 0 Å². The predicted molar refractivity (Wildman–Crippen MR) is 110 cm³/mol. The number of carbonyl (C=O) groups is 2. The van der Waals surface area contributed by atoms with Gasteiger partial charge in [0.25, 0.3) is 0 Å². The third-order valence-electron chi connectivity index (χ3n) is 5.83. The van der Waals surface area contributed by atoms with E-state index in [1.807, 2.05) is 25.5 Å². The van der Waals surface area contributed by atoms with Gasteiger partial charge in [-0.15, -0.1) is 0 Å². The van der Waals surface area contributed by atoms with Gasteiger partial charge in [0.2, 0.25) is 10.0 Å². The zero-order valence-corrected chi connectivity index (χ0v) is 18.4. The van der Waals surface area contributed by atoms with Crippen LogP contribution in [-0.4, -0.2) is 30.3 Å². The highest BCUT2D eigenvalue weighted by molar-refractivity contribution is 7.91. The first-order chi connectivity index (χ1) is 12.9. The lowest BCUT2D eigenvalue weighted by molar-refractivity contribution is -0.137. The molecular formula is C20H38N2O5S. The van der Waals surface area contributed by atoms with Crippen LogP contribution in [0.25, 0.3) is 0 Å². The van der Waals surface area contributed by atoms with Crippen molar-refractivity contribution in [1.29, 1.82) is 0 Å². The summed E-state index contributed by atoms with van der Waals surface area (Å²) < 4.78 is 26.5. The Kier molecular flexibility index (Phi) is 9.24. The maximum Gasteiger partial charge on any atom is 0.325 e. The topological polar surface area (TPSA) is 127 Å². The zero-order chi connectivity index (χ0) is 21.4. The monoisotopic (exact) mass is 418 g/mol. The largest absolute Gasteiger partial charge is 0.481 e. The van der Waals surface area contributed by atoms with Crippen LogP contribution in [0.1, 0.15) is 97.8 Å². The van der Waals surface area contributed by atoms with E-state index in [1.165, 1.54) is 0 Å². The van der Waals surface area contributed by atoms with Crippen LogP contribution in [-0.2, 0) is 14.8 Å². The smallest absolute Gasteiger partial charge is 0.325 e. The number of unbranched alkanes of at least 4 members (excludes halogenated alkanes) is 8. The summed E-state index contributed by atoms with van der Waals surface area (Å²) in [5.41, 5.74) is 4.94. The molecule has 1 fully saturated rings. The Balaban J connectivity index is 2.31. The number of carboxylic acids is 1. The summed E-state index contributed by atoms with van der Waals surface area (Å²) in [6.45, 7) is 6.11. The first-order valence-electron chi connectivity index (χ1n) is 10.5. The average Bonchev–Trinajstić information content (AvgIpc) is 3.28. The van der Waals surface area contributed by atoms with Gasteiger partial charge >= 0.3 is 12.0 Å². The van der Waals surface area contributed by atoms with Gasteiger partial charge in [-0.3, -0.25) is 4.79 Å². The molecule has 0 aromatic carbocycles. The summed E-state index contributed by atoms with van der Waals surface area (Å²) in [7, 11) is -3.76. The van der Waals surface area contributed by atoms with Gasteiger partial charge in [0.1, 0.15) is 0 Å². The van der Waals surface area contributed by atoms with Crippen LogP contribution in [0, 0.1) is 11.3 Å². The molecule has 0 aliphatic heterocycles. The van der Waals surface area contributed by atoms with Crippen LogP contribution in [0.15, 0.2) is 0 Å². The van der Waals surface area contributed by atoms with Crippen molar-refractivity contribution < 1.29 is 23.1 Å². The first kappa shape index (κ1) is 24.7. The van der Waals surface area contributed by atoms with Gasteiger partial charge in [0, 0.05) is 6.42 Å². The van der Waals surface area contributed by atoms with Crippen molar-refractivity contribution in [3.8, 4) is 0 Å². The Labute approximate surface area is 169 Å². The minimum atomic E-state index is -3.76. The van der Waals surface area contributed by atoms with E-state index in [4.69, 9.17) is 10.8 Å². The quantitative estimate of drug-likeness (QED) is 0.365. The van der Waals surface area contributed by atoms with Gasteiger partial charge in [-0.2, -0.15) is 0 Å². The summed E-state index contributed by atoms with van der Waals surface area (Å²) in [6.07, 6.45) is 10.4. The molecule has 2 atom stereocenters. The number of amides is 2. The Bertz CT molecular complexity index is 627. The average molecular weight is 419 g/mol. The second kappa shape index (κ2) is 10.5. The SMILES string of the molecule is CC(C)(C)C1CC1(CCCCCCCCCCCC(=O)O)S(=O)(=O)NC(N)=O. The second-order valence-corrected chi connectivity index (χ2v) is 11.3. The highest BCUT2D eigenvalue weighted by Gasteiger charge is 2.66. The molecule has 1 aliphatic rings. The van der Waals surface area contributed by atoms with Crippen LogP contribution in [0.5, 0.6) is 0 Å².